The summed E-state index contributed by atoms with van der Waals surface area (Å²) in [6, 6.07) is 0. The summed E-state index contributed by atoms with van der Waals surface area (Å²) in [7, 11) is -2.04. The summed E-state index contributed by atoms with van der Waals surface area (Å²) in [4.78, 5) is 36.7. The number of ether oxygens (including phenoxy) is 2. The minimum Gasteiger partial charge on any atom is -0.465 e. The van der Waals surface area contributed by atoms with Gasteiger partial charge in [0, 0.05) is 25.2 Å². The smallest absolute Gasteiger partial charge is 0.321 e. The van der Waals surface area contributed by atoms with Crippen molar-refractivity contribution < 1.29 is 28.3 Å². The Morgan fingerprint density at radius 2 is 1.88 bits per heavy atom. The Kier molecular flexibility index (Phi) is 5.78. The Balaban J connectivity index is 2.17. The first-order valence-corrected chi connectivity index (χ1v) is 11.9. The Morgan fingerprint density at radius 1 is 1.24 bits per heavy atom. The highest BCUT2D eigenvalue weighted by molar-refractivity contribution is 6.74. The van der Waals surface area contributed by atoms with E-state index in [1.807, 2.05) is 0 Å². The standard InChI is InChI=1S/C18H30O6Si/c1-7-22-16(20)15-13-9-11(19)8-12(10-14(13)23-17(15)21)24-25(5,6)18(2,3)4/h12-15H,7-10H2,1-6H3/t12-,13-,14-,15-/m1/s1. The summed E-state index contributed by atoms with van der Waals surface area (Å²) in [5.41, 5.74) is 0. The van der Waals surface area contributed by atoms with E-state index in [9.17, 15) is 14.4 Å². The first-order chi connectivity index (χ1) is 11.5. The summed E-state index contributed by atoms with van der Waals surface area (Å²) in [5, 5.41) is 0.0293. The van der Waals surface area contributed by atoms with E-state index in [4.69, 9.17) is 13.9 Å². The highest BCUT2D eigenvalue weighted by Gasteiger charge is 2.53. The van der Waals surface area contributed by atoms with Crippen LogP contribution < -0.4 is 0 Å². The fourth-order valence-corrected chi connectivity index (χ4v) is 4.67. The number of fused-ring (bicyclic) bond motifs is 1. The number of rotatable bonds is 4. The molecular weight excluding hydrogens is 340 g/mol. The molecule has 0 N–H and O–H groups in total. The van der Waals surface area contributed by atoms with Gasteiger partial charge in [0.25, 0.3) is 0 Å². The molecule has 4 atom stereocenters. The molecule has 1 saturated carbocycles. The van der Waals surface area contributed by atoms with E-state index in [1.54, 1.807) is 6.92 Å². The molecule has 142 valence electrons. The van der Waals surface area contributed by atoms with E-state index in [2.05, 4.69) is 33.9 Å². The molecule has 2 fully saturated rings. The lowest BCUT2D eigenvalue weighted by molar-refractivity contribution is -0.157. The van der Waals surface area contributed by atoms with Crippen LogP contribution in [0.2, 0.25) is 18.1 Å². The fourth-order valence-electron chi connectivity index (χ4n) is 3.30. The Morgan fingerprint density at radius 3 is 2.44 bits per heavy atom. The van der Waals surface area contributed by atoms with Gasteiger partial charge in [-0.2, -0.15) is 0 Å². The molecule has 2 rings (SSSR count). The van der Waals surface area contributed by atoms with Crippen molar-refractivity contribution in [2.45, 2.75) is 77.3 Å². The maximum Gasteiger partial charge on any atom is 0.321 e. The first kappa shape index (κ1) is 20.1. The molecule has 0 bridgehead atoms. The summed E-state index contributed by atoms with van der Waals surface area (Å²) >= 11 is 0. The molecule has 1 aliphatic heterocycles. The van der Waals surface area contributed by atoms with Crippen molar-refractivity contribution in [2.24, 2.45) is 11.8 Å². The maximum atomic E-state index is 12.4. The number of carbonyl (C=O) groups is 3. The molecule has 1 heterocycles. The third-order valence-electron chi connectivity index (χ3n) is 5.65. The van der Waals surface area contributed by atoms with Crippen LogP contribution in [0, 0.1) is 11.8 Å². The predicted octanol–water partition coefficient (Wildman–Crippen LogP) is 2.85. The minimum absolute atomic E-state index is 0.0174. The highest BCUT2D eigenvalue weighted by atomic mass is 28.4. The van der Waals surface area contributed by atoms with Gasteiger partial charge >= 0.3 is 11.9 Å². The van der Waals surface area contributed by atoms with Crippen molar-refractivity contribution in [1.82, 2.24) is 0 Å². The van der Waals surface area contributed by atoms with E-state index >= 15 is 0 Å². The molecule has 0 aromatic heterocycles. The van der Waals surface area contributed by atoms with E-state index < -0.39 is 38.2 Å². The normalized spacial score (nSPS) is 30.5. The van der Waals surface area contributed by atoms with Gasteiger partial charge in [-0.15, -0.1) is 0 Å². The quantitative estimate of drug-likeness (QED) is 0.430. The van der Waals surface area contributed by atoms with Gasteiger partial charge in [0.1, 0.15) is 11.9 Å². The number of hydrogen-bond donors (Lipinski definition) is 0. The summed E-state index contributed by atoms with van der Waals surface area (Å²) in [5.74, 6) is -2.57. The van der Waals surface area contributed by atoms with Gasteiger partial charge in [0.2, 0.25) is 0 Å². The molecule has 1 aliphatic carbocycles. The number of esters is 2. The molecule has 0 spiro atoms. The number of hydrogen-bond acceptors (Lipinski definition) is 6. The lowest BCUT2D eigenvalue weighted by Gasteiger charge is -2.39. The van der Waals surface area contributed by atoms with Crippen molar-refractivity contribution in [3.05, 3.63) is 0 Å². The van der Waals surface area contributed by atoms with Crippen LogP contribution in [0.1, 0.15) is 47.0 Å². The number of Topliss-reactive ketones (excluding diaryl/α,β-unsaturated/α-hetero) is 1. The fraction of sp³-hybridized carbons (Fsp3) is 0.833. The van der Waals surface area contributed by atoms with Gasteiger partial charge in [-0.1, -0.05) is 20.8 Å². The van der Waals surface area contributed by atoms with Gasteiger partial charge in [-0.25, -0.2) is 0 Å². The summed E-state index contributed by atoms with van der Waals surface area (Å²) < 4.78 is 16.8. The third-order valence-corrected chi connectivity index (χ3v) is 10.2. The topological polar surface area (TPSA) is 78.9 Å². The molecule has 25 heavy (non-hydrogen) atoms. The van der Waals surface area contributed by atoms with Crippen LogP contribution in [0.25, 0.3) is 0 Å². The minimum atomic E-state index is -2.04. The summed E-state index contributed by atoms with van der Waals surface area (Å²) in [6.45, 7) is 12.6. The van der Waals surface area contributed by atoms with Crippen LogP contribution in [-0.2, 0) is 28.3 Å². The van der Waals surface area contributed by atoms with Crippen LogP contribution >= 0.6 is 0 Å². The van der Waals surface area contributed by atoms with Crippen molar-refractivity contribution >= 4 is 26.0 Å². The van der Waals surface area contributed by atoms with Crippen LogP contribution in [0.3, 0.4) is 0 Å². The highest BCUT2D eigenvalue weighted by Crippen LogP contribution is 2.42. The zero-order valence-electron chi connectivity index (χ0n) is 16.1. The number of carbonyl (C=O) groups excluding carboxylic acids is 3. The van der Waals surface area contributed by atoms with E-state index in [-0.39, 0.29) is 30.0 Å². The average molecular weight is 371 g/mol. The Bertz CT molecular complexity index is 550. The second kappa shape index (κ2) is 7.19. The molecule has 1 saturated heterocycles. The van der Waals surface area contributed by atoms with Crippen molar-refractivity contribution in [3.8, 4) is 0 Å². The number of ketones is 1. The molecule has 0 aromatic rings. The van der Waals surface area contributed by atoms with Gasteiger partial charge < -0.3 is 13.9 Å². The van der Waals surface area contributed by atoms with Gasteiger partial charge in [0.05, 0.1) is 12.7 Å². The second-order valence-electron chi connectivity index (χ2n) is 8.55. The largest absolute Gasteiger partial charge is 0.465 e. The second-order valence-corrected chi connectivity index (χ2v) is 13.3. The van der Waals surface area contributed by atoms with E-state index in [0.717, 1.165) is 0 Å². The first-order valence-electron chi connectivity index (χ1n) is 9.03. The van der Waals surface area contributed by atoms with Crippen LogP contribution in [0.15, 0.2) is 0 Å². The SMILES string of the molecule is CCOC(=O)[C@@H]1C(=O)O[C@@H]2C[C@H](O[Si](C)(C)C(C)(C)C)CC(=O)C[C@@H]12. The van der Waals surface area contributed by atoms with Gasteiger partial charge in [-0.05, 0) is 25.1 Å². The molecule has 0 radical (unpaired) electrons. The Labute approximate surface area is 150 Å². The average Bonchev–Trinajstić information content (AvgIpc) is 2.64. The molecule has 6 nitrogen and oxygen atoms in total. The van der Waals surface area contributed by atoms with Gasteiger partial charge in [0.15, 0.2) is 14.2 Å². The monoisotopic (exact) mass is 370 g/mol. The van der Waals surface area contributed by atoms with Gasteiger partial charge in [-0.3, -0.25) is 14.4 Å². The van der Waals surface area contributed by atoms with Crippen molar-refractivity contribution in [1.29, 1.82) is 0 Å². The summed E-state index contributed by atoms with van der Waals surface area (Å²) in [6.07, 6.45) is 0.217. The molecule has 2 aliphatic rings. The lowest BCUT2D eigenvalue weighted by atomic mass is 9.86. The maximum absolute atomic E-state index is 12.4. The van der Waals surface area contributed by atoms with Crippen LogP contribution in [0.4, 0.5) is 0 Å². The molecule has 0 aromatic carbocycles. The van der Waals surface area contributed by atoms with Crippen molar-refractivity contribution in [2.75, 3.05) is 6.61 Å². The zero-order chi connectivity index (χ0) is 19.0. The van der Waals surface area contributed by atoms with Crippen LogP contribution in [-0.4, -0.2) is 44.9 Å². The molecule has 0 amide bonds. The molecular formula is C18H30O6Si. The van der Waals surface area contributed by atoms with Crippen LogP contribution in [0.5, 0.6) is 0 Å². The van der Waals surface area contributed by atoms with E-state index in [0.29, 0.717) is 12.8 Å². The van der Waals surface area contributed by atoms with E-state index in [1.165, 1.54) is 0 Å². The third kappa shape index (κ3) is 4.31. The lowest BCUT2D eigenvalue weighted by Crippen LogP contribution is -2.44. The predicted molar refractivity (Wildman–Crippen MR) is 94.4 cm³/mol. The zero-order valence-corrected chi connectivity index (χ0v) is 17.1. The molecule has 0 unspecified atom stereocenters. The molecule has 7 heteroatoms. The Hall–Kier alpha value is -1.21. The van der Waals surface area contributed by atoms with Crippen molar-refractivity contribution in [3.63, 3.8) is 0 Å².